The van der Waals surface area contributed by atoms with Crippen LogP contribution in [0.5, 0.6) is 0 Å². The third kappa shape index (κ3) is 7.81. The molecule has 3 nitrogen and oxygen atoms in total. The van der Waals surface area contributed by atoms with Crippen LogP contribution in [-0.2, 0) is 5.75 Å². The summed E-state index contributed by atoms with van der Waals surface area (Å²) in [6.07, 6.45) is 13.0. The van der Waals surface area contributed by atoms with Gasteiger partial charge in [0.1, 0.15) is 0 Å². The summed E-state index contributed by atoms with van der Waals surface area (Å²) < 4.78 is 2.22. The number of nitrogens with zero attached hydrogens (tertiary/aromatic N) is 1. The number of thioether (sulfide) groups is 1. The van der Waals surface area contributed by atoms with Crippen LogP contribution in [0, 0.1) is 0 Å². The fourth-order valence-electron chi connectivity index (χ4n) is 4.57. The minimum Gasteiger partial charge on any atom is -0.353 e. The molecule has 172 valence electrons. The zero-order valence-corrected chi connectivity index (χ0v) is 22.6. The Morgan fingerprint density at radius 3 is 2.12 bits per heavy atom. The second kappa shape index (κ2) is 12.5. The molecule has 0 atom stereocenters. The monoisotopic (exact) mass is 577 g/mol. The fourth-order valence-corrected chi connectivity index (χ4v) is 6.79. The Balaban J connectivity index is 1.38. The molecule has 2 aromatic carbocycles. The molecule has 2 N–H and O–H groups in total. The van der Waals surface area contributed by atoms with Crippen molar-refractivity contribution in [1.82, 2.24) is 5.32 Å². The van der Waals surface area contributed by atoms with Gasteiger partial charge in [0.2, 0.25) is 0 Å². The average molecular weight is 579 g/mol. The van der Waals surface area contributed by atoms with Crippen molar-refractivity contribution in [2.75, 3.05) is 5.32 Å². The van der Waals surface area contributed by atoms with Crippen molar-refractivity contribution in [2.45, 2.75) is 86.9 Å². The highest BCUT2D eigenvalue weighted by Gasteiger charge is 2.18. The van der Waals surface area contributed by atoms with E-state index in [9.17, 15) is 0 Å². The summed E-state index contributed by atoms with van der Waals surface area (Å²) in [7, 11) is 0. The molecule has 0 amide bonds. The number of aliphatic imine (C=N–C) groups is 1. The molecule has 0 bridgehead atoms. The van der Waals surface area contributed by atoms with Gasteiger partial charge < -0.3 is 10.6 Å². The molecule has 32 heavy (non-hydrogen) atoms. The maximum atomic E-state index is 5.12. The van der Waals surface area contributed by atoms with Crippen molar-refractivity contribution >= 4 is 55.3 Å². The van der Waals surface area contributed by atoms with E-state index < -0.39 is 0 Å². The zero-order chi connectivity index (χ0) is 22.2. The summed E-state index contributed by atoms with van der Waals surface area (Å²) in [6, 6.07) is 16.2. The molecular weight excluding hydrogens is 546 g/mol. The number of nitrogens with one attached hydrogen (secondary N) is 2. The summed E-state index contributed by atoms with van der Waals surface area (Å²) in [4.78, 5) is 6.40. The van der Waals surface area contributed by atoms with E-state index in [2.05, 4.69) is 85.0 Å². The van der Waals surface area contributed by atoms with Crippen LogP contribution in [0.15, 0.2) is 61.3 Å². The minimum atomic E-state index is 0.460. The Labute approximate surface area is 213 Å². The summed E-state index contributed by atoms with van der Waals surface area (Å²) in [5.41, 5.74) is 2.41. The molecule has 2 saturated carbocycles. The Kier molecular flexibility index (Phi) is 9.42. The van der Waals surface area contributed by atoms with Crippen LogP contribution in [0.4, 0.5) is 5.69 Å². The van der Waals surface area contributed by atoms with Gasteiger partial charge in [-0.15, -0.1) is 11.8 Å². The van der Waals surface area contributed by atoms with Crippen LogP contribution in [0.2, 0.25) is 0 Å². The number of halogens is 2. The van der Waals surface area contributed by atoms with Crippen molar-refractivity contribution in [1.29, 1.82) is 0 Å². The van der Waals surface area contributed by atoms with Gasteiger partial charge in [0.05, 0.1) is 6.04 Å². The van der Waals surface area contributed by atoms with Crippen LogP contribution >= 0.6 is 43.6 Å². The molecule has 0 saturated heterocycles. The first-order chi connectivity index (χ1) is 15.6. The Morgan fingerprint density at radius 1 is 0.844 bits per heavy atom. The largest absolute Gasteiger partial charge is 0.353 e. The van der Waals surface area contributed by atoms with Gasteiger partial charge in [-0.2, -0.15) is 0 Å². The second-order valence-electron chi connectivity index (χ2n) is 8.96. The van der Waals surface area contributed by atoms with Crippen LogP contribution in [0.1, 0.15) is 69.8 Å². The van der Waals surface area contributed by atoms with Crippen LogP contribution in [0.3, 0.4) is 0 Å². The van der Waals surface area contributed by atoms with Gasteiger partial charge in [0.15, 0.2) is 5.96 Å². The van der Waals surface area contributed by atoms with Crippen LogP contribution < -0.4 is 10.6 Å². The Morgan fingerprint density at radius 2 is 1.47 bits per heavy atom. The van der Waals surface area contributed by atoms with Crippen LogP contribution in [-0.4, -0.2) is 18.0 Å². The van der Waals surface area contributed by atoms with E-state index in [4.69, 9.17) is 4.99 Å². The van der Waals surface area contributed by atoms with E-state index >= 15 is 0 Å². The third-order valence-electron chi connectivity index (χ3n) is 6.28. The third-order valence-corrected chi connectivity index (χ3v) is 8.28. The quantitative estimate of drug-likeness (QED) is 0.205. The van der Waals surface area contributed by atoms with Gasteiger partial charge in [-0.25, -0.2) is 4.99 Å². The average Bonchev–Trinajstić information content (AvgIpc) is 2.79. The zero-order valence-electron chi connectivity index (χ0n) is 18.6. The van der Waals surface area contributed by atoms with E-state index in [-0.39, 0.29) is 0 Å². The van der Waals surface area contributed by atoms with Gasteiger partial charge in [0, 0.05) is 31.3 Å². The highest BCUT2D eigenvalue weighted by molar-refractivity contribution is 9.11. The smallest absolute Gasteiger partial charge is 0.196 e. The van der Waals surface area contributed by atoms with Gasteiger partial charge in [-0.05, 0) is 73.7 Å². The lowest BCUT2D eigenvalue weighted by atomic mass is 9.95. The molecule has 2 aliphatic carbocycles. The predicted octanol–water partition coefficient (Wildman–Crippen LogP) is 8.53. The molecule has 4 rings (SSSR count). The molecule has 6 heteroatoms. The van der Waals surface area contributed by atoms with Gasteiger partial charge >= 0.3 is 0 Å². The molecule has 0 unspecified atom stereocenters. The lowest BCUT2D eigenvalue weighted by Gasteiger charge is -2.27. The van der Waals surface area contributed by atoms with Crippen molar-refractivity contribution in [3.05, 3.63) is 57.0 Å². The maximum Gasteiger partial charge on any atom is 0.196 e. The molecule has 0 heterocycles. The normalized spacial score (nSPS) is 18.5. The first-order valence-electron chi connectivity index (χ1n) is 11.9. The van der Waals surface area contributed by atoms with Crippen LogP contribution in [0.25, 0.3) is 0 Å². The Hall–Kier alpha value is -0.980. The molecule has 0 aromatic heterocycles. The molecule has 0 spiro atoms. The fraction of sp³-hybridized carbons (Fsp3) is 0.500. The SMILES string of the molecule is Brc1cc(Br)cc(CSc2ccc(NC(=NC3CCCCC3)NC3CCCCC3)cc2)c1. The highest BCUT2D eigenvalue weighted by Crippen LogP contribution is 2.28. The lowest BCUT2D eigenvalue weighted by molar-refractivity contribution is 0.408. The van der Waals surface area contributed by atoms with E-state index in [1.54, 1.807) is 0 Å². The van der Waals surface area contributed by atoms with E-state index in [1.165, 1.54) is 74.7 Å². The Bertz CT molecular complexity index is 868. The number of anilines is 1. The lowest BCUT2D eigenvalue weighted by Crippen LogP contribution is -2.41. The van der Waals surface area contributed by atoms with E-state index in [0.29, 0.717) is 12.1 Å². The molecular formula is C26H33Br2N3S. The highest BCUT2D eigenvalue weighted by atomic mass is 79.9. The molecule has 0 radical (unpaired) electrons. The maximum absolute atomic E-state index is 5.12. The summed E-state index contributed by atoms with van der Waals surface area (Å²) in [5, 5.41) is 7.36. The van der Waals surface area contributed by atoms with Crippen molar-refractivity contribution < 1.29 is 0 Å². The van der Waals surface area contributed by atoms with Gasteiger partial charge in [0.25, 0.3) is 0 Å². The topological polar surface area (TPSA) is 36.4 Å². The number of benzene rings is 2. The number of hydrogen-bond acceptors (Lipinski definition) is 2. The number of guanidine groups is 1. The van der Waals surface area contributed by atoms with Crippen molar-refractivity contribution in [3.63, 3.8) is 0 Å². The molecule has 0 aliphatic heterocycles. The minimum absolute atomic E-state index is 0.460. The summed E-state index contributed by atoms with van der Waals surface area (Å²) in [5.74, 6) is 1.92. The predicted molar refractivity (Wildman–Crippen MR) is 146 cm³/mol. The van der Waals surface area contributed by atoms with Crippen molar-refractivity contribution in [3.8, 4) is 0 Å². The summed E-state index contributed by atoms with van der Waals surface area (Å²) in [6.45, 7) is 0. The van der Waals surface area contributed by atoms with Gasteiger partial charge in [-0.1, -0.05) is 70.4 Å². The summed E-state index contributed by atoms with van der Waals surface area (Å²) >= 11 is 9.02. The van der Waals surface area contributed by atoms with E-state index in [0.717, 1.165) is 26.3 Å². The van der Waals surface area contributed by atoms with E-state index in [1.807, 2.05) is 11.8 Å². The first kappa shape index (κ1) is 24.2. The number of rotatable bonds is 6. The molecule has 2 aromatic rings. The van der Waals surface area contributed by atoms with Crippen molar-refractivity contribution in [2.24, 2.45) is 4.99 Å². The first-order valence-corrected chi connectivity index (χ1v) is 14.5. The standard InChI is InChI=1S/C26H33Br2N3S/c27-20-15-19(16-21(28)17-20)18-32-25-13-11-24(12-14-25)31-26(29-22-7-3-1-4-8-22)30-23-9-5-2-6-10-23/h11-17,22-23H,1-10,18H2,(H2,29,30,31). The molecule has 2 fully saturated rings. The van der Waals surface area contributed by atoms with Gasteiger partial charge in [-0.3, -0.25) is 0 Å². The second-order valence-corrected chi connectivity index (χ2v) is 11.8. The molecule has 2 aliphatic rings. The number of hydrogen-bond donors (Lipinski definition) is 2.